The van der Waals surface area contributed by atoms with Crippen molar-refractivity contribution in [3.8, 4) is 0 Å². The normalized spacial score (nSPS) is 23.7. The molecule has 8 heteroatoms. The molecular formula is C38H60O6S2. The molecule has 2 aromatic carbocycles. The van der Waals surface area contributed by atoms with Gasteiger partial charge in [0.1, 0.15) is 0 Å². The van der Waals surface area contributed by atoms with Crippen molar-refractivity contribution in [2.75, 3.05) is 13.2 Å². The summed E-state index contributed by atoms with van der Waals surface area (Å²) in [6, 6.07) is 13.7. The summed E-state index contributed by atoms with van der Waals surface area (Å²) in [5.74, 6) is 0. The lowest BCUT2D eigenvalue weighted by Gasteiger charge is -2.30. The van der Waals surface area contributed by atoms with Crippen molar-refractivity contribution >= 4 is 20.2 Å². The second-order valence-electron chi connectivity index (χ2n) is 14.5. The van der Waals surface area contributed by atoms with Crippen molar-refractivity contribution in [2.24, 2.45) is 10.8 Å². The minimum atomic E-state index is -3.73. The molecule has 1 fully saturated rings. The van der Waals surface area contributed by atoms with Crippen LogP contribution in [-0.2, 0) is 28.6 Å². The average Bonchev–Trinajstić information content (AvgIpc) is 3.00. The first kappa shape index (κ1) is 38.7. The van der Waals surface area contributed by atoms with E-state index in [-0.39, 0.29) is 33.8 Å². The highest BCUT2D eigenvalue weighted by Crippen LogP contribution is 2.37. The first-order chi connectivity index (χ1) is 21.8. The number of aryl methyl sites for hydroxylation is 2. The van der Waals surface area contributed by atoms with Crippen molar-refractivity contribution in [3.63, 3.8) is 0 Å². The summed E-state index contributed by atoms with van der Waals surface area (Å²) in [6.45, 7) is 8.99. The van der Waals surface area contributed by atoms with Gasteiger partial charge in [0.05, 0.1) is 23.0 Å². The van der Waals surface area contributed by atoms with Gasteiger partial charge >= 0.3 is 0 Å². The SMILES string of the molecule is Cc1ccc(S(=O)(=O)OCCC2(C)CCCCCCCCC(C)(CCOS(=O)(=O)c3ccc(C)cc3)CCCCCCCC2)cc1. The Kier molecular flexibility index (Phi) is 15.7. The third kappa shape index (κ3) is 13.8. The van der Waals surface area contributed by atoms with Crippen LogP contribution in [0, 0.1) is 24.7 Å². The van der Waals surface area contributed by atoms with Crippen molar-refractivity contribution in [1.82, 2.24) is 0 Å². The van der Waals surface area contributed by atoms with Crippen LogP contribution < -0.4 is 0 Å². The molecule has 0 bridgehead atoms. The largest absolute Gasteiger partial charge is 0.296 e. The summed E-state index contributed by atoms with van der Waals surface area (Å²) in [5.41, 5.74) is 2.23. The number of rotatable bonds is 10. The van der Waals surface area contributed by atoms with Crippen LogP contribution in [0.25, 0.3) is 0 Å². The highest BCUT2D eigenvalue weighted by Gasteiger charge is 2.27. The molecule has 1 saturated carbocycles. The van der Waals surface area contributed by atoms with E-state index in [0.29, 0.717) is 0 Å². The molecule has 260 valence electrons. The Balaban J connectivity index is 1.46. The standard InChI is InChI=1S/C38H60O6S2/c1-33-17-21-35(22-18-33)45(39,40)43-31-29-37(3)25-13-9-5-7-11-15-27-38(4,28-16-12-8-6-10-14-26-37)30-32-44-46(41,42)36-23-19-34(2)20-24-36/h17-24H,5-16,25-32H2,1-4H3. The Morgan fingerprint density at radius 2 is 0.739 bits per heavy atom. The quantitative estimate of drug-likeness (QED) is 0.233. The molecule has 0 N–H and O–H groups in total. The lowest BCUT2D eigenvalue weighted by molar-refractivity contribution is 0.176. The fourth-order valence-corrected chi connectivity index (χ4v) is 8.53. The zero-order valence-electron chi connectivity index (χ0n) is 29.0. The lowest BCUT2D eigenvalue weighted by atomic mass is 9.76. The first-order valence-corrected chi connectivity index (χ1v) is 20.6. The van der Waals surface area contributed by atoms with E-state index in [1.165, 1.54) is 51.4 Å². The third-order valence-corrected chi connectivity index (χ3v) is 12.8. The second-order valence-corrected chi connectivity index (χ2v) is 17.8. The van der Waals surface area contributed by atoms with Gasteiger partial charge in [0.15, 0.2) is 0 Å². The summed E-state index contributed by atoms with van der Waals surface area (Å²) < 4.78 is 61.9. The maximum absolute atomic E-state index is 12.7. The Hall–Kier alpha value is -1.74. The molecule has 0 aromatic heterocycles. The summed E-state index contributed by atoms with van der Waals surface area (Å²) in [7, 11) is -7.47. The van der Waals surface area contributed by atoms with Gasteiger partial charge in [-0.25, -0.2) is 0 Å². The molecule has 0 heterocycles. The van der Waals surface area contributed by atoms with Crippen LogP contribution in [0.2, 0.25) is 0 Å². The van der Waals surface area contributed by atoms with Gasteiger partial charge in [-0.15, -0.1) is 0 Å². The topological polar surface area (TPSA) is 86.7 Å². The molecule has 1 aliphatic carbocycles. The Morgan fingerprint density at radius 3 is 1.02 bits per heavy atom. The minimum absolute atomic E-state index is 0.0883. The molecule has 0 amide bonds. The summed E-state index contributed by atoms with van der Waals surface area (Å²) in [4.78, 5) is 0.459. The van der Waals surface area contributed by atoms with Crippen molar-refractivity contribution < 1.29 is 25.2 Å². The predicted molar refractivity (Wildman–Crippen MR) is 188 cm³/mol. The van der Waals surface area contributed by atoms with Gasteiger partial charge in [0.2, 0.25) is 0 Å². The highest BCUT2D eigenvalue weighted by molar-refractivity contribution is 7.87. The fourth-order valence-electron chi connectivity index (χ4n) is 6.71. The Labute approximate surface area is 281 Å². The monoisotopic (exact) mass is 676 g/mol. The molecule has 46 heavy (non-hydrogen) atoms. The molecule has 3 rings (SSSR count). The van der Waals surface area contributed by atoms with Gasteiger partial charge in [0.25, 0.3) is 20.2 Å². The zero-order valence-corrected chi connectivity index (χ0v) is 30.7. The predicted octanol–water partition coefficient (Wildman–Crippen LogP) is 10.5. The van der Waals surface area contributed by atoms with Crippen LogP contribution in [0.15, 0.2) is 58.3 Å². The molecule has 0 aliphatic heterocycles. The van der Waals surface area contributed by atoms with E-state index in [1.807, 2.05) is 13.8 Å². The summed E-state index contributed by atoms with van der Waals surface area (Å²) in [6.07, 6.45) is 20.2. The van der Waals surface area contributed by atoms with Gasteiger partial charge in [-0.3, -0.25) is 8.37 Å². The van der Waals surface area contributed by atoms with Crippen molar-refractivity contribution in [1.29, 1.82) is 0 Å². The second kappa shape index (κ2) is 18.7. The highest BCUT2D eigenvalue weighted by atomic mass is 32.2. The Morgan fingerprint density at radius 1 is 0.478 bits per heavy atom. The van der Waals surface area contributed by atoms with Crippen LogP contribution in [0.1, 0.15) is 141 Å². The molecule has 2 aromatic rings. The summed E-state index contributed by atoms with van der Waals surface area (Å²) >= 11 is 0. The lowest BCUT2D eigenvalue weighted by Crippen LogP contribution is -2.21. The Bertz CT molecular complexity index is 1240. The molecule has 0 radical (unpaired) electrons. The van der Waals surface area contributed by atoms with Gasteiger partial charge in [-0.05, 0) is 87.5 Å². The summed E-state index contributed by atoms with van der Waals surface area (Å²) in [5, 5.41) is 0. The van der Waals surface area contributed by atoms with E-state index in [2.05, 4.69) is 13.8 Å². The smallest absolute Gasteiger partial charge is 0.266 e. The van der Waals surface area contributed by atoms with Crippen LogP contribution >= 0.6 is 0 Å². The average molecular weight is 677 g/mol. The van der Waals surface area contributed by atoms with E-state index in [9.17, 15) is 16.8 Å². The first-order valence-electron chi connectivity index (χ1n) is 17.7. The molecule has 0 atom stereocenters. The van der Waals surface area contributed by atoms with Gasteiger partial charge in [-0.2, -0.15) is 16.8 Å². The van der Waals surface area contributed by atoms with Crippen LogP contribution in [0.3, 0.4) is 0 Å². The van der Waals surface area contributed by atoms with Crippen molar-refractivity contribution in [3.05, 3.63) is 59.7 Å². The van der Waals surface area contributed by atoms with Crippen LogP contribution in [0.5, 0.6) is 0 Å². The van der Waals surface area contributed by atoms with E-state index in [0.717, 1.165) is 75.3 Å². The molecular weight excluding hydrogens is 617 g/mol. The minimum Gasteiger partial charge on any atom is -0.266 e. The van der Waals surface area contributed by atoms with E-state index < -0.39 is 20.2 Å². The molecule has 0 saturated heterocycles. The molecule has 6 nitrogen and oxygen atoms in total. The van der Waals surface area contributed by atoms with Gasteiger partial charge < -0.3 is 0 Å². The van der Waals surface area contributed by atoms with Crippen molar-refractivity contribution in [2.45, 2.75) is 153 Å². The van der Waals surface area contributed by atoms with Gasteiger partial charge in [0, 0.05) is 0 Å². The number of hydrogen-bond donors (Lipinski definition) is 0. The number of benzene rings is 2. The van der Waals surface area contributed by atoms with E-state index >= 15 is 0 Å². The molecule has 1 aliphatic rings. The molecule has 0 unspecified atom stereocenters. The van der Waals surface area contributed by atoms with Crippen LogP contribution in [-0.4, -0.2) is 30.0 Å². The fraction of sp³-hybridized carbons (Fsp3) is 0.684. The third-order valence-electron chi connectivity index (χ3n) is 10.1. The van der Waals surface area contributed by atoms with E-state index in [1.54, 1.807) is 48.5 Å². The number of hydrogen-bond acceptors (Lipinski definition) is 6. The van der Waals surface area contributed by atoms with Gasteiger partial charge in [-0.1, -0.05) is 126 Å². The maximum atomic E-state index is 12.7. The zero-order chi connectivity index (χ0) is 33.5. The van der Waals surface area contributed by atoms with Crippen LogP contribution in [0.4, 0.5) is 0 Å². The maximum Gasteiger partial charge on any atom is 0.296 e. The van der Waals surface area contributed by atoms with E-state index in [4.69, 9.17) is 8.37 Å². The molecule has 0 spiro atoms.